The Morgan fingerprint density at radius 2 is 1.61 bits per heavy atom. The molecular formula is C18H24O5. The molecule has 1 aliphatic rings. The Balaban J connectivity index is 2.77. The third-order valence-electron chi connectivity index (χ3n) is 3.52. The second-order valence-electron chi connectivity index (χ2n) is 5.89. The standard InChI is InChI=1S/C18H24O5/c1-6-12(3)14(19)11-9-8-10-13(7-2)15-16(20)22-18(4,5)23-17(15)21/h6-15,19H,1-2H2,3-5H3/b10-8+,11-9+/t12-,13-,14+/m1/s1. The number of carbonyl (C=O) groups is 2. The highest BCUT2D eigenvalue weighted by Crippen LogP contribution is 2.29. The fourth-order valence-corrected chi connectivity index (χ4v) is 2.05. The van der Waals surface area contributed by atoms with Gasteiger partial charge in [-0.2, -0.15) is 0 Å². The molecule has 1 saturated heterocycles. The van der Waals surface area contributed by atoms with E-state index in [1.54, 1.807) is 30.4 Å². The number of hydrogen-bond donors (Lipinski definition) is 1. The first-order valence-corrected chi connectivity index (χ1v) is 7.45. The topological polar surface area (TPSA) is 72.8 Å². The second kappa shape index (κ2) is 7.92. The van der Waals surface area contributed by atoms with E-state index < -0.39 is 35.7 Å². The quantitative estimate of drug-likeness (QED) is 0.338. The number of cyclic esters (lactones) is 2. The zero-order chi connectivity index (χ0) is 17.6. The van der Waals surface area contributed by atoms with Crippen LogP contribution in [0.1, 0.15) is 20.8 Å². The average molecular weight is 320 g/mol. The van der Waals surface area contributed by atoms with Gasteiger partial charge < -0.3 is 14.6 Å². The van der Waals surface area contributed by atoms with Gasteiger partial charge in [0.2, 0.25) is 0 Å². The maximum atomic E-state index is 12.0. The predicted molar refractivity (Wildman–Crippen MR) is 87.1 cm³/mol. The Bertz CT molecular complexity index is 510. The van der Waals surface area contributed by atoms with E-state index in [-0.39, 0.29) is 5.92 Å². The van der Waals surface area contributed by atoms with Gasteiger partial charge in [-0.3, -0.25) is 9.59 Å². The lowest BCUT2D eigenvalue weighted by molar-refractivity contribution is -0.241. The van der Waals surface area contributed by atoms with E-state index in [1.807, 2.05) is 6.92 Å². The third-order valence-corrected chi connectivity index (χ3v) is 3.52. The Kier molecular flexibility index (Phi) is 6.51. The summed E-state index contributed by atoms with van der Waals surface area (Å²) in [6.45, 7) is 12.1. The summed E-state index contributed by atoms with van der Waals surface area (Å²) in [4.78, 5) is 24.0. The SMILES string of the molecule is C=C[C@H](/C=C/C=C/[C@H](O)[C@H](C)C=C)C1C(=O)OC(C)(C)OC1=O. The van der Waals surface area contributed by atoms with Crippen molar-refractivity contribution in [3.63, 3.8) is 0 Å². The molecule has 0 radical (unpaired) electrons. The number of rotatable bonds is 7. The molecule has 3 atom stereocenters. The second-order valence-corrected chi connectivity index (χ2v) is 5.89. The summed E-state index contributed by atoms with van der Waals surface area (Å²) >= 11 is 0. The van der Waals surface area contributed by atoms with Gasteiger partial charge in [-0.1, -0.05) is 43.4 Å². The molecule has 0 aromatic heterocycles. The van der Waals surface area contributed by atoms with Gasteiger partial charge in [0.25, 0.3) is 5.79 Å². The van der Waals surface area contributed by atoms with Crippen molar-refractivity contribution in [3.05, 3.63) is 49.6 Å². The van der Waals surface area contributed by atoms with Gasteiger partial charge in [-0.15, -0.1) is 13.2 Å². The molecule has 1 N–H and O–H groups in total. The number of allylic oxidation sites excluding steroid dienone is 4. The predicted octanol–water partition coefficient (Wildman–Crippen LogP) is 2.54. The lowest BCUT2D eigenvalue weighted by atomic mass is 9.91. The van der Waals surface area contributed by atoms with Crippen LogP contribution in [-0.4, -0.2) is 28.9 Å². The highest BCUT2D eigenvalue weighted by Gasteiger charge is 2.45. The summed E-state index contributed by atoms with van der Waals surface area (Å²) < 4.78 is 10.2. The first kappa shape index (κ1) is 18.9. The molecule has 0 aromatic rings. The molecule has 5 heteroatoms. The van der Waals surface area contributed by atoms with Gasteiger partial charge in [0, 0.05) is 25.7 Å². The van der Waals surface area contributed by atoms with Crippen LogP contribution in [0.15, 0.2) is 49.6 Å². The zero-order valence-corrected chi connectivity index (χ0v) is 13.8. The highest BCUT2D eigenvalue weighted by atomic mass is 16.7. The number of aliphatic hydroxyl groups excluding tert-OH is 1. The molecule has 0 spiro atoms. The minimum absolute atomic E-state index is 0.0691. The number of hydrogen-bond acceptors (Lipinski definition) is 5. The normalized spacial score (nSPS) is 22.4. The summed E-state index contributed by atoms with van der Waals surface area (Å²) in [5.74, 6) is -4.20. The summed E-state index contributed by atoms with van der Waals surface area (Å²) in [7, 11) is 0. The smallest absolute Gasteiger partial charge is 0.324 e. The molecule has 1 fully saturated rings. The van der Waals surface area contributed by atoms with E-state index in [2.05, 4.69) is 13.2 Å². The minimum Gasteiger partial charge on any atom is -0.422 e. The molecule has 0 aliphatic carbocycles. The third kappa shape index (κ3) is 5.21. The van der Waals surface area contributed by atoms with E-state index in [1.165, 1.54) is 19.9 Å². The first-order valence-electron chi connectivity index (χ1n) is 7.45. The molecule has 5 nitrogen and oxygen atoms in total. The Labute approximate surface area is 137 Å². The van der Waals surface area contributed by atoms with Crippen LogP contribution in [0.4, 0.5) is 0 Å². The van der Waals surface area contributed by atoms with Crippen LogP contribution >= 0.6 is 0 Å². The molecular weight excluding hydrogens is 296 g/mol. The van der Waals surface area contributed by atoms with Gasteiger partial charge in [-0.05, 0) is 0 Å². The fraction of sp³-hybridized carbons (Fsp3) is 0.444. The Morgan fingerprint density at radius 1 is 1.09 bits per heavy atom. The maximum absolute atomic E-state index is 12.0. The molecule has 1 rings (SSSR count). The fourth-order valence-electron chi connectivity index (χ4n) is 2.05. The van der Waals surface area contributed by atoms with Crippen molar-refractivity contribution in [2.75, 3.05) is 0 Å². The van der Waals surface area contributed by atoms with E-state index in [9.17, 15) is 14.7 Å². The van der Waals surface area contributed by atoms with Crippen molar-refractivity contribution < 1.29 is 24.2 Å². The van der Waals surface area contributed by atoms with Gasteiger partial charge in [-0.25, -0.2) is 0 Å². The van der Waals surface area contributed by atoms with E-state index >= 15 is 0 Å². The summed E-state index contributed by atoms with van der Waals surface area (Å²) in [6.07, 6.45) is 9.02. The van der Waals surface area contributed by atoms with Crippen molar-refractivity contribution in [3.8, 4) is 0 Å². The molecule has 0 saturated carbocycles. The van der Waals surface area contributed by atoms with Crippen LogP contribution in [-0.2, 0) is 19.1 Å². The zero-order valence-electron chi connectivity index (χ0n) is 13.8. The summed E-state index contributed by atoms with van der Waals surface area (Å²) in [5, 5.41) is 9.77. The molecule has 1 aliphatic heterocycles. The Hall–Kier alpha value is -2.14. The molecule has 0 unspecified atom stereocenters. The van der Waals surface area contributed by atoms with Crippen molar-refractivity contribution >= 4 is 11.9 Å². The Morgan fingerprint density at radius 3 is 2.09 bits per heavy atom. The highest BCUT2D eigenvalue weighted by molar-refractivity contribution is 5.97. The van der Waals surface area contributed by atoms with Crippen LogP contribution in [0.25, 0.3) is 0 Å². The number of ether oxygens (including phenoxy) is 2. The molecule has 23 heavy (non-hydrogen) atoms. The minimum atomic E-state index is -1.25. The summed E-state index contributed by atoms with van der Waals surface area (Å²) in [6, 6.07) is 0. The van der Waals surface area contributed by atoms with Crippen molar-refractivity contribution in [1.29, 1.82) is 0 Å². The van der Waals surface area contributed by atoms with Crippen LogP contribution in [0.2, 0.25) is 0 Å². The molecule has 126 valence electrons. The van der Waals surface area contributed by atoms with E-state index in [4.69, 9.17) is 9.47 Å². The van der Waals surface area contributed by atoms with Gasteiger partial charge in [0.05, 0.1) is 6.10 Å². The van der Waals surface area contributed by atoms with Crippen LogP contribution in [0.3, 0.4) is 0 Å². The van der Waals surface area contributed by atoms with Crippen LogP contribution in [0.5, 0.6) is 0 Å². The van der Waals surface area contributed by atoms with Gasteiger partial charge >= 0.3 is 11.9 Å². The number of aliphatic hydroxyl groups is 1. The van der Waals surface area contributed by atoms with Gasteiger partial charge in [0.1, 0.15) is 0 Å². The van der Waals surface area contributed by atoms with Crippen molar-refractivity contribution in [2.45, 2.75) is 32.7 Å². The largest absolute Gasteiger partial charge is 0.422 e. The number of carbonyl (C=O) groups excluding carboxylic acids is 2. The lowest BCUT2D eigenvalue weighted by Gasteiger charge is -2.34. The van der Waals surface area contributed by atoms with Crippen LogP contribution in [0, 0.1) is 17.8 Å². The summed E-state index contributed by atoms with van der Waals surface area (Å²) in [5.41, 5.74) is 0. The average Bonchev–Trinajstić information content (AvgIpc) is 2.46. The first-order chi connectivity index (χ1) is 10.7. The van der Waals surface area contributed by atoms with Crippen LogP contribution < -0.4 is 0 Å². The molecule has 0 aromatic carbocycles. The van der Waals surface area contributed by atoms with E-state index in [0.717, 1.165) is 0 Å². The lowest BCUT2D eigenvalue weighted by Crippen LogP contribution is -2.48. The van der Waals surface area contributed by atoms with Crippen molar-refractivity contribution in [2.24, 2.45) is 17.8 Å². The van der Waals surface area contributed by atoms with Gasteiger partial charge in [0.15, 0.2) is 5.92 Å². The molecule has 1 heterocycles. The molecule has 0 amide bonds. The number of esters is 2. The maximum Gasteiger partial charge on any atom is 0.324 e. The molecule has 0 bridgehead atoms. The monoisotopic (exact) mass is 320 g/mol. The van der Waals surface area contributed by atoms with Crippen molar-refractivity contribution in [1.82, 2.24) is 0 Å². The van der Waals surface area contributed by atoms with E-state index in [0.29, 0.717) is 0 Å².